The van der Waals surface area contributed by atoms with Gasteiger partial charge >= 0.3 is 0 Å². The van der Waals surface area contributed by atoms with E-state index in [1.165, 1.54) is 6.07 Å². The number of aromatic nitrogens is 2. The minimum absolute atomic E-state index is 0.00782. The van der Waals surface area contributed by atoms with E-state index in [2.05, 4.69) is 5.10 Å². The first-order valence-corrected chi connectivity index (χ1v) is 7.27. The van der Waals surface area contributed by atoms with Gasteiger partial charge in [-0.2, -0.15) is 5.10 Å². The Morgan fingerprint density at radius 2 is 2.23 bits per heavy atom. The van der Waals surface area contributed by atoms with Crippen LogP contribution in [-0.4, -0.2) is 32.2 Å². The van der Waals surface area contributed by atoms with Crippen LogP contribution in [-0.2, 0) is 7.05 Å². The summed E-state index contributed by atoms with van der Waals surface area (Å²) in [7, 11) is 1.86. The molecule has 0 bridgehead atoms. The van der Waals surface area contributed by atoms with E-state index in [0.717, 1.165) is 36.2 Å². The zero-order chi connectivity index (χ0) is 15.9. The van der Waals surface area contributed by atoms with Crippen molar-refractivity contribution in [3.63, 3.8) is 0 Å². The minimum Gasteiger partial charge on any atom is -0.507 e. The highest BCUT2D eigenvalue weighted by Gasteiger charge is 2.33. The standard InChI is InChI=1S/C16H18FN3O2/c1-10-13(9-18-19(10)2)14-4-3-7-20(14)16(22)12-8-11(17)5-6-15(12)21/h5-6,8-9,14,21H,3-4,7H2,1-2H3/t14-/m0/s1. The molecule has 116 valence electrons. The number of likely N-dealkylation sites (tertiary alicyclic amines) is 1. The second kappa shape index (κ2) is 5.44. The number of rotatable bonds is 2. The lowest BCUT2D eigenvalue weighted by Gasteiger charge is -2.25. The second-order valence-electron chi connectivity index (χ2n) is 5.63. The number of amides is 1. The largest absolute Gasteiger partial charge is 0.507 e. The average molecular weight is 303 g/mol. The van der Waals surface area contributed by atoms with Gasteiger partial charge in [-0.15, -0.1) is 0 Å². The van der Waals surface area contributed by atoms with Gasteiger partial charge in [-0.25, -0.2) is 4.39 Å². The highest BCUT2D eigenvalue weighted by atomic mass is 19.1. The Hall–Kier alpha value is -2.37. The van der Waals surface area contributed by atoms with E-state index in [1.54, 1.807) is 15.8 Å². The van der Waals surface area contributed by atoms with Gasteiger partial charge < -0.3 is 10.0 Å². The second-order valence-corrected chi connectivity index (χ2v) is 5.63. The number of carbonyl (C=O) groups excluding carboxylic acids is 1. The zero-order valence-electron chi connectivity index (χ0n) is 12.6. The van der Waals surface area contributed by atoms with Crippen LogP contribution in [0.25, 0.3) is 0 Å². The topological polar surface area (TPSA) is 58.4 Å². The molecule has 0 spiro atoms. The van der Waals surface area contributed by atoms with Crippen LogP contribution in [0.2, 0.25) is 0 Å². The number of benzene rings is 1. The number of phenols is 1. The van der Waals surface area contributed by atoms with E-state index in [1.807, 2.05) is 14.0 Å². The SMILES string of the molecule is Cc1c([C@@H]2CCCN2C(=O)c2cc(F)ccc2O)cnn1C. The summed E-state index contributed by atoms with van der Waals surface area (Å²) in [5.41, 5.74) is 2.02. The average Bonchev–Trinajstić information content (AvgIpc) is 3.09. The first-order chi connectivity index (χ1) is 10.5. The van der Waals surface area contributed by atoms with Crippen molar-refractivity contribution in [2.45, 2.75) is 25.8 Å². The Labute approximate surface area is 128 Å². The lowest BCUT2D eigenvalue weighted by Crippen LogP contribution is -2.31. The van der Waals surface area contributed by atoms with Crippen molar-refractivity contribution in [1.29, 1.82) is 0 Å². The van der Waals surface area contributed by atoms with Gasteiger partial charge in [0.15, 0.2) is 0 Å². The Morgan fingerprint density at radius 1 is 1.45 bits per heavy atom. The number of phenolic OH excluding ortho intramolecular Hbond substituents is 1. The molecule has 2 heterocycles. The number of aromatic hydroxyl groups is 1. The van der Waals surface area contributed by atoms with Crippen molar-refractivity contribution < 1.29 is 14.3 Å². The third-order valence-corrected chi connectivity index (χ3v) is 4.33. The van der Waals surface area contributed by atoms with E-state index in [-0.39, 0.29) is 23.3 Å². The predicted octanol–water partition coefficient (Wildman–Crippen LogP) is 2.55. The van der Waals surface area contributed by atoms with Gasteiger partial charge in [0.05, 0.1) is 17.8 Å². The van der Waals surface area contributed by atoms with Crippen molar-refractivity contribution in [2.75, 3.05) is 6.54 Å². The molecule has 22 heavy (non-hydrogen) atoms. The molecular weight excluding hydrogens is 285 g/mol. The number of hydrogen-bond donors (Lipinski definition) is 1. The highest BCUT2D eigenvalue weighted by Crippen LogP contribution is 2.35. The number of halogens is 1. The van der Waals surface area contributed by atoms with Gasteiger partial charge in [0, 0.05) is 24.8 Å². The van der Waals surface area contributed by atoms with E-state index < -0.39 is 5.82 Å². The van der Waals surface area contributed by atoms with Crippen LogP contribution >= 0.6 is 0 Å². The predicted molar refractivity (Wildman–Crippen MR) is 79.0 cm³/mol. The molecule has 1 fully saturated rings. The number of carbonyl (C=O) groups is 1. The quantitative estimate of drug-likeness (QED) is 0.927. The van der Waals surface area contributed by atoms with Crippen LogP contribution in [0, 0.1) is 12.7 Å². The molecule has 0 aliphatic carbocycles. The summed E-state index contributed by atoms with van der Waals surface area (Å²) in [4.78, 5) is 14.4. The molecule has 0 saturated carbocycles. The molecule has 0 radical (unpaired) electrons. The summed E-state index contributed by atoms with van der Waals surface area (Å²) in [6.45, 7) is 2.55. The smallest absolute Gasteiger partial charge is 0.258 e. The highest BCUT2D eigenvalue weighted by molar-refractivity contribution is 5.97. The molecular formula is C16H18FN3O2. The number of nitrogens with zero attached hydrogens (tertiary/aromatic N) is 3. The Morgan fingerprint density at radius 3 is 2.91 bits per heavy atom. The molecule has 1 N–H and O–H groups in total. The molecule has 5 nitrogen and oxygen atoms in total. The molecule has 1 aliphatic rings. The van der Waals surface area contributed by atoms with E-state index in [0.29, 0.717) is 6.54 Å². The van der Waals surface area contributed by atoms with Gasteiger partial charge in [0.1, 0.15) is 11.6 Å². The van der Waals surface area contributed by atoms with Gasteiger partial charge in [0.2, 0.25) is 0 Å². The van der Waals surface area contributed by atoms with E-state index in [4.69, 9.17) is 0 Å². The molecule has 2 aromatic rings. The Bertz CT molecular complexity index is 726. The molecule has 1 amide bonds. The molecule has 1 atom stereocenters. The molecule has 1 aromatic heterocycles. The van der Waals surface area contributed by atoms with Crippen molar-refractivity contribution in [3.8, 4) is 5.75 Å². The third-order valence-electron chi connectivity index (χ3n) is 4.33. The maximum absolute atomic E-state index is 13.4. The molecule has 1 aliphatic heterocycles. The summed E-state index contributed by atoms with van der Waals surface area (Å²) in [6, 6.07) is 3.36. The third kappa shape index (κ3) is 2.34. The Kier molecular flexibility index (Phi) is 3.60. The fraction of sp³-hybridized carbons (Fsp3) is 0.375. The molecule has 0 unspecified atom stereocenters. The van der Waals surface area contributed by atoms with E-state index >= 15 is 0 Å². The number of hydrogen-bond acceptors (Lipinski definition) is 3. The van der Waals surface area contributed by atoms with Gasteiger partial charge in [-0.05, 0) is 38.0 Å². The Balaban J connectivity index is 1.94. The summed E-state index contributed by atoms with van der Waals surface area (Å²) in [5, 5.41) is 14.1. The lowest BCUT2D eigenvalue weighted by molar-refractivity contribution is 0.0731. The maximum Gasteiger partial charge on any atom is 0.258 e. The van der Waals surface area contributed by atoms with Gasteiger partial charge in [-0.1, -0.05) is 0 Å². The van der Waals surface area contributed by atoms with Crippen LogP contribution in [0.5, 0.6) is 5.75 Å². The molecule has 6 heteroatoms. The first-order valence-electron chi connectivity index (χ1n) is 7.27. The van der Waals surface area contributed by atoms with Crippen LogP contribution < -0.4 is 0 Å². The van der Waals surface area contributed by atoms with Crippen molar-refractivity contribution in [2.24, 2.45) is 7.05 Å². The van der Waals surface area contributed by atoms with Gasteiger partial charge in [0.25, 0.3) is 5.91 Å². The summed E-state index contributed by atoms with van der Waals surface area (Å²) < 4.78 is 15.2. The maximum atomic E-state index is 13.4. The molecule has 3 rings (SSSR count). The summed E-state index contributed by atoms with van der Waals surface area (Å²) in [6.07, 6.45) is 3.49. The van der Waals surface area contributed by atoms with Crippen LogP contribution in [0.15, 0.2) is 24.4 Å². The monoisotopic (exact) mass is 303 g/mol. The fourth-order valence-electron chi connectivity index (χ4n) is 3.01. The molecule has 1 aromatic carbocycles. The van der Waals surface area contributed by atoms with Crippen molar-refractivity contribution in [1.82, 2.24) is 14.7 Å². The van der Waals surface area contributed by atoms with Crippen LogP contribution in [0.1, 0.15) is 40.5 Å². The van der Waals surface area contributed by atoms with Crippen LogP contribution in [0.3, 0.4) is 0 Å². The summed E-state index contributed by atoms with van der Waals surface area (Å²) in [5.74, 6) is -1.07. The zero-order valence-corrected chi connectivity index (χ0v) is 12.6. The van der Waals surface area contributed by atoms with Crippen LogP contribution in [0.4, 0.5) is 4.39 Å². The number of aryl methyl sites for hydroxylation is 1. The first kappa shape index (κ1) is 14.6. The van der Waals surface area contributed by atoms with Gasteiger partial charge in [-0.3, -0.25) is 9.48 Å². The fourth-order valence-corrected chi connectivity index (χ4v) is 3.01. The van der Waals surface area contributed by atoms with Crippen molar-refractivity contribution in [3.05, 3.63) is 47.0 Å². The molecule has 1 saturated heterocycles. The summed E-state index contributed by atoms with van der Waals surface area (Å²) >= 11 is 0. The minimum atomic E-state index is -0.533. The van der Waals surface area contributed by atoms with E-state index in [9.17, 15) is 14.3 Å². The van der Waals surface area contributed by atoms with Crippen molar-refractivity contribution >= 4 is 5.91 Å². The lowest BCUT2D eigenvalue weighted by atomic mass is 10.0. The normalized spacial score (nSPS) is 18.0.